The van der Waals surface area contributed by atoms with Crippen LogP contribution in [0.25, 0.3) is 0 Å². The van der Waals surface area contributed by atoms with Gasteiger partial charge in [0, 0.05) is 35.3 Å². The van der Waals surface area contributed by atoms with E-state index in [1.807, 2.05) is 17.0 Å². The summed E-state index contributed by atoms with van der Waals surface area (Å²) in [5.74, 6) is 0.0407. The molecular weight excluding hydrogens is 372 g/mol. The number of carbonyl (C=O) groups excluding carboxylic acids is 2. The van der Waals surface area contributed by atoms with E-state index in [9.17, 15) is 9.59 Å². The number of anilines is 1. The monoisotopic (exact) mass is 396 g/mol. The van der Waals surface area contributed by atoms with Crippen molar-refractivity contribution >= 4 is 29.1 Å². The number of fused-ring (bicyclic) bond motifs is 1. The van der Waals surface area contributed by atoms with Gasteiger partial charge in [-0.1, -0.05) is 23.7 Å². The average Bonchev–Trinajstić information content (AvgIpc) is 2.74. The molecule has 0 spiro atoms. The molecule has 1 saturated heterocycles. The van der Waals surface area contributed by atoms with Crippen LogP contribution in [-0.2, 0) is 17.6 Å². The van der Waals surface area contributed by atoms with Crippen molar-refractivity contribution in [2.24, 2.45) is 5.92 Å². The lowest BCUT2D eigenvalue weighted by molar-refractivity contribution is -0.121. The van der Waals surface area contributed by atoms with Crippen molar-refractivity contribution in [1.82, 2.24) is 4.90 Å². The molecule has 0 aromatic heterocycles. The van der Waals surface area contributed by atoms with Crippen molar-refractivity contribution in [3.63, 3.8) is 0 Å². The minimum Gasteiger partial charge on any atom is -0.339 e. The van der Waals surface area contributed by atoms with E-state index in [4.69, 9.17) is 11.6 Å². The summed E-state index contributed by atoms with van der Waals surface area (Å²) >= 11 is 5.90. The minimum atomic E-state index is -0.0475. The van der Waals surface area contributed by atoms with E-state index < -0.39 is 0 Å². The van der Waals surface area contributed by atoms with Crippen LogP contribution in [0.1, 0.15) is 47.2 Å². The first kappa shape index (κ1) is 19.0. The van der Waals surface area contributed by atoms with Gasteiger partial charge in [0.05, 0.1) is 0 Å². The highest BCUT2D eigenvalue weighted by molar-refractivity contribution is 6.30. The molecule has 2 aromatic rings. The van der Waals surface area contributed by atoms with Crippen LogP contribution in [-0.4, -0.2) is 29.8 Å². The number of likely N-dealkylation sites (tertiary alicyclic amines) is 1. The van der Waals surface area contributed by atoms with Gasteiger partial charge in [0.25, 0.3) is 5.91 Å². The minimum absolute atomic E-state index is 0.00709. The molecule has 0 atom stereocenters. The summed E-state index contributed by atoms with van der Waals surface area (Å²) in [5, 5.41) is 3.79. The first-order valence-electron chi connectivity index (χ1n) is 10.1. The summed E-state index contributed by atoms with van der Waals surface area (Å²) in [6.07, 6.45) is 5.94. The Kier molecular flexibility index (Phi) is 5.67. The molecule has 0 bridgehead atoms. The maximum Gasteiger partial charge on any atom is 0.253 e. The number of hydrogen-bond donors (Lipinski definition) is 1. The van der Waals surface area contributed by atoms with E-state index >= 15 is 0 Å². The second kappa shape index (κ2) is 8.36. The van der Waals surface area contributed by atoms with Gasteiger partial charge in [-0.15, -0.1) is 0 Å². The number of hydrogen-bond acceptors (Lipinski definition) is 2. The second-order valence-corrected chi connectivity index (χ2v) is 8.15. The van der Waals surface area contributed by atoms with Crippen molar-refractivity contribution < 1.29 is 9.59 Å². The Labute approximate surface area is 170 Å². The third-order valence-electron chi connectivity index (χ3n) is 5.90. The average molecular weight is 397 g/mol. The largest absolute Gasteiger partial charge is 0.339 e. The van der Waals surface area contributed by atoms with Gasteiger partial charge >= 0.3 is 0 Å². The summed E-state index contributed by atoms with van der Waals surface area (Å²) in [7, 11) is 0. The van der Waals surface area contributed by atoms with Crippen LogP contribution < -0.4 is 5.32 Å². The van der Waals surface area contributed by atoms with Crippen LogP contribution in [0.2, 0.25) is 5.02 Å². The molecule has 1 fully saturated rings. The second-order valence-electron chi connectivity index (χ2n) is 7.71. The quantitative estimate of drug-likeness (QED) is 0.816. The predicted molar refractivity (Wildman–Crippen MR) is 112 cm³/mol. The van der Waals surface area contributed by atoms with E-state index in [1.54, 1.807) is 24.3 Å². The first-order valence-corrected chi connectivity index (χ1v) is 10.5. The highest BCUT2D eigenvalue weighted by Gasteiger charge is 2.28. The smallest absolute Gasteiger partial charge is 0.253 e. The lowest BCUT2D eigenvalue weighted by Crippen LogP contribution is -2.41. The molecule has 0 saturated carbocycles. The third-order valence-corrected chi connectivity index (χ3v) is 6.15. The van der Waals surface area contributed by atoms with Crippen LogP contribution in [0.5, 0.6) is 0 Å². The molecule has 4 nitrogen and oxygen atoms in total. The van der Waals surface area contributed by atoms with Gasteiger partial charge in [-0.05, 0) is 80.0 Å². The molecule has 0 unspecified atom stereocenters. The first-order chi connectivity index (χ1) is 13.6. The lowest BCUT2D eigenvalue weighted by atomic mass is 9.90. The van der Waals surface area contributed by atoms with E-state index in [0.29, 0.717) is 36.5 Å². The molecule has 2 aromatic carbocycles. The molecule has 1 aliphatic carbocycles. The maximum absolute atomic E-state index is 12.8. The number of rotatable bonds is 3. The van der Waals surface area contributed by atoms with Gasteiger partial charge < -0.3 is 10.2 Å². The fourth-order valence-electron chi connectivity index (χ4n) is 4.25. The Morgan fingerprint density at radius 2 is 1.68 bits per heavy atom. The highest BCUT2D eigenvalue weighted by Crippen LogP contribution is 2.29. The number of aryl methyl sites for hydroxylation is 1. The molecule has 4 rings (SSSR count). The number of nitrogens with zero attached hydrogens (tertiary/aromatic N) is 1. The fourth-order valence-corrected chi connectivity index (χ4v) is 4.38. The van der Waals surface area contributed by atoms with Crippen LogP contribution in [0, 0.1) is 5.92 Å². The Balaban J connectivity index is 1.35. The van der Waals surface area contributed by atoms with E-state index in [0.717, 1.165) is 18.5 Å². The summed E-state index contributed by atoms with van der Waals surface area (Å²) in [4.78, 5) is 27.3. The molecule has 1 aliphatic heterocycles. The predicted octanol–water partition coefficient (Wildman–Crippen LogP) is 4.71. The van der Waals surface area contributed by atoms with Crippen molar-refractivity contribution in [1.29, 1.82) is 0 Å². The van der Waals surface area contributed by atoms with Crippen molar-refractivity contribution in [2.75, 3.05) is 18.4 Å². The molecule has 146 valence electrons. The fraction of sp³-hybridized carbons (Fsp3) is 0.391. The van der Waals surface area contributed by atoms with E-state index in [1.165, 1.54) is 24.0 Å². The zero-order valence-electron chi connectivity index (χ0n) is 15.9. The van der Waals surface area contributed by atoms with Crippen LogP contribution >= 0.6 is 11.6 Å². The van der Waals surface area contributed by atoms with Gasteiger partial charge in [-0.2, -0.15) is 0 Å². The summed E-state index contributed by atoms with van der Waals surface area (Å²) < 4.78 is 0. The lowest BCUT2D eigenvalue weighted by Gasteiger charge is -2.31. The zero-order chi connectivity index (χ0) is 19.5. The van der Waals surface area contributed by atoms with Crippen molar-refractivity contribution in [3.05, 3.63) is 64.2 Å². The zero-order valence-corrected chi connectivity index (χ0v) is 16.7. The SMILES string of the molecule is O=C(Nc1cccc2c1CCCC2)C1CCN(C(=O)c2ccc(Cl)cc2)CC1. The summed E-state index contributed by atoms with van der Waals surface area (Å²) in [6.45, 7) is 1.21. The molecule has 28 heavy (non-hydrogen) atoms. The van der Waals surface area contributed by atoms with Gasteiger partial charge in [-0.25, -0.2) is 0 Å². The highest BCUT2D eigenvalue weighted by atomic mass is 35.5. The van der Waals surface area contributed by atoms with Crippen molar-refractivity contribution in [3.8, 4) is 0 Å². The maximum atomic E-state index is 12.8. The van der Waals surface area contributed by atoms with Gasteiger partial charge in [0.15, 0.2) is 0 Å². The normalized spacial score (nSPS) is 17.1. The number of piperidine rings is 1. The number of carbonyl (C=O) groups is 2. The molecule has 1 heterocycles. The van der Waals surface area contributed by atoms with Crippen LogP contribution in [0.15, 0.2) is 42.5 Å². The Hall–Kier alpha value is -2.33. The molecule has 5 heteroatoms. The van der Waals surface area contributed by atoms with E-state index in [-0.39, 0.29) is 17.7 Å². The number of nitrogens with one attached hydrogen (secondary N) is 1. The summed E-state index contributed by atoms with van der Waals surface area (Å²) in [6, 6.07) is 13.2. The topological polar surface area (TPSA) is 49.4 Å². The van der Waals surface area contributed by atoms with E-state index in [2.05, 4.69) is 11.4 Å². The Bertz CT molecular complexity index is 871. The number of halogens is 1. The standard InChI is InChI=1S/C23H25ClN2O2/c24-19-10-8-18(9-11-19)23(28)26-14-12-17(13-15-26)22(27)25-21-7-3-5-16-4-1-2-6-20(16)21/h3,5,7-11,17H,1-2,4,6,12-15H2,(H,25,27). The van der Waals surface area contributed by atoms with Gasteiger partial charge in [0.2, 0.25) is 5.91 Å². The van der Waals surface area contributed by atoms with Crippen LogP contribution in [0.4, 0.5) is 5.69 Å². The Morgan fingerprint density at radius 1 is 0.964 bits per heavy atom. The van der Waals surface area contributed by atoms with Crippen molar-refractivity contribution in [2.45, 2.75) is 38.5 Å². The summed E-state index contributed by atoms with van der Waals surface area (Å²) in [5.41, 5.74) is 4.29. The van der Waals surface area contributed by atoms with Gasteiger partial charge in [0.1, 0.15) is 0 Å². The molecule has 2 aliphatic rings. The molecule has 0 radical (unpaired) electrons. The molecule has 1 N–H and O–H groups in total. The number of benzene rings is 2. The van der Waals surface area contributed by atoms with Crippen LogP contribution in [0.3, 0.4) is 0 Å². The third kappa shape index (κ3) is 4.07. The number of amides is 2. The molecular formula is C23H25ClN2O2. The van der Waals surface area contributed by atoms with Gasteiger partial charge in [-0.3, -0.25) is 9.59 Å². The Morgan fingerprint density at radius 3 is 2.43 bits per heavy atom. The molecule has 2 amide bonds.